The number of carbonyl (C=O) groups is 2. The van der Waals surface area contributed by atoms with Gasteiger partial charge < -0.3 is 9.47 Å². The maximum absolute atomic E-state index is 12.8. The number of hydrazone groups is 1. The Labute approximate surface area is 213 Å². The fourth-order valence-electron chi connectivity index (χ4n) is 3.11. The van der Waals surface area contributed by atoms with Crippen LogP contribution in [-0.2, 0) is 0 Å². The monoisotopic (exact) mass is 556 g/mol. The zero-order valence-corrected chi connectivity index (χ0v) is 21.0. The highest BCUT2D eigenvalue weighted by Gasteiger charge is 2.20. The van der Waals surface area contributed by atoms with Gasteiger partial charge in [0.2, 0.25) is 0 Å². The number of esters is 1. The zero-order valence-electron chi connectivity index (χ0n) is 17.9. The summed E-state index contributed by atoms with van der Waals surface area (Å²) in [5, 5.41) is 5.18. The van der Waals surface area contributed by atoms with Crippen LogP contribution in [0.2, 0.25) is 5.02 Å². The highest BCUT2D eigenvalue weighted by atomic mass is 79.9. The number of thiophene rings is 1. The molecule has 0 saturated heterocycles. The Kier molecular flexibility index (Phi) is 7.62. The molecule has 0 aliphatic carbocycles. The molecule has 0 fully saturated rings. The Morgan fingerprint density at radius 1 is 1.09 bits per heavy atom. The zero-order chi connectivity index (χ0) is 24.1. The molecule has 9 heteroatoms. The van der Waals surface area contributed by atoms with Crippen LogP contribution in [-0.4, -0.2) is 24.7 Å². The average Bonchev–Trinajstić information content (AvgIpc) is 3.17. The second kappa shape index (κ2) is 10.8. The van der Waals surface area contributed by atoms with Crippen molar-refractivity contribution in [2.75, 3.05) is 6.61 Å². The number of hydrogen-bond acceptors (Lipinski definition) is 6. The van der Waals surface area contributed by atoms with E-state index in [-0.39, 0.29) is 11.7 Å². The minimum absolute atomic E-state index is 0.260. The second-order valence-electron chi connectivity index (χ2n) is 6.98. The summed E-state index contributed by atoms with van der Waals surface area (Å²) in [5.41, 5.74) is 3.61. The van der Waals surface area contributed by atoms with Gasteiger partial charge in [-0.15, -0.1) is 11.3 Å². The third-order valence-electron chi connectivity index (χ3n) is 4.66. The van der Waals surface area contributed by atoms with Crippen LogP contribution in [0.4, 0.5) is 0 Å². The molecular weight excluding hydrogens is 540 g/mol. The van der Waals surface area contributed by atoms with E-state index in [0.29, 0.717) is 33.4 Å². The van der Waals surface area contributed by atoms with Crippen molar-refractivity contribution in [3.63, 3.8) is 0 Å². The minimum atomic E-state index is -0.560. The lowest BCUT2D eigenvalue weighted by Gasteiger charge is -2.11. The number of nitrogens with one attached hydrogen (secondary N) is 1. The maximum Gasteiger partial charge on any atom is 0.355 e. The Morgan fingerprint density at radius 2 is 1.91 bits per heavy atom. The molecule has 1 heterocycles. The molecule has 3 aromatic carbocycles. The van der Waals surface area contributed by atoms with Crippen molar-refractivity contribution in [3.8, 4) is 11.5 Å². The summed E-state index contributed by atoms with van der Waals surface area (Å²) < 4.78 is 13.0. The molecule has 4 aromatic rings. The molecule has 0 radical (unpaired) electrons. The van der Waals surface area contributed by atoms with Gasteiger partial charge >= 0.3 is 5.97 Å². The molecule has 6 nitrogen and oxygen atoms in total. The van der Waals surface area contributed by atoms with Crippen molar-refractivity contribution in [3.05, 3.63) is 92.2 Å². The third kappa shape index (κ3) is 5.47. The van der Waals surface area contributed by atoms with Gasteiger partial charge in [-0.2, -0.15) is 5.10 Å². The molecule has 0 spiro atoms. The first-order valence-electron chi connectivity index (χ1n) is 10.2. The molecule has 0 aliphatic rings. The first-order chi connectivity index (χ1) is 16.5. The second-order valence-corrected chi connectivity index (χ2v) is 9.33. The number of ether oxygens (including phenoxy) is 2. The first kappa shape index (κ1) is 23.9. The van der Waals surface area contributed by atoms with Gasteiger partial charge in [-0.3, -0.25) is 4.79 Å². The number of rotatable bonds is 7. The molecule has 1 N–H and O–H groups in total. The number of nitrogens with zero attached hydrogens (tertiary/aromatic N) is 1. The Hall–Kier alpha value is -3.20. The van der Waals surface area contributed by atoms with E-state index in [1.807, 2.05) is 37.3 Å². The molecule has 0 aliphatic heterocycles. The van der Waals surface area contributed by atoms with E-state index in [2.05, 4.69) is 26.5 Å². The van der Waals surface area contributed by atoms with Gasteiger partial charge in [0.05, 0.1) is 17.8 Å². The quantitative estimate of drug-likeness (QED) is 0.119. The molecule has 34 heavy (non-hydrogen) atoms. The van der Waals surface area contributed by atoms with Crippen LogP contribution in [0.15, 0.2) is 76.3 Å². The summed E-state index contributed by atoms with van der Waals surface area (Å²) >= 11 is 11.0. The van der Waals surface area contributed by atoms with Gasteiger partial charge in [-0.05, 0) is 55.0 Å². The number of benzene rings is 3. The highest BCUT2D eigenvalue weighted by molar-refractivity contribution is 9.10. The fourth-order valence-corrected chi connectivity index (χ4v) is 4.89. The number of carbonyl (C=O) groups excluding carboxylic acids is 2. The van der Waals surface area contributed by atoms with E-state index in [1.54, 1.807) is 36.4 Å². The molecule has 172 valence electrons. The summed E-state index contributed by atoms with van der Waals surface area (Å²) in [6, 6.07) is 19.5. The van der Waals surface area contributed by atoms with Crippen molar-refractivity contribution < 1.29 is 19.1 Å². The molecule has 0 atom stereocenters. The van der Waals surface area contributed by atoms with Gasteiger partial charge in [-0.1, -0.05) is 51.8 Å². The van der Waals surface area contributed by atoms with Crippen LogP contribution in [0.3, 0.4) is 0 Å². The van der Waals surface area contributed by atoms with Gasteiger partial charge in [0, 0.05) is 20.1 Å². The standard InChI is InChI=1S/C25H18BrClN2O4S/c1-2-32-20-12-15(14-28-29-24(30)16-6-5-7-17(26)13-16)10-11-19(20)33-25(31)23-22(27)18-8-3-4-9-21(18)34-23/h3-14H,2H2,1H3,(H,29,30)/b28-14-. The van der Waals surface area contributed by atoms with E-state index in [0.717, 1.165) is 14.6 Å². The van der Waals surface area contributed by atoms with E-state index in [4.69, 9.17) is 21.1 Å². The molecule has 4 rings (SSSR count). The first-order valence-corrected chi connectivity index (χ1v) is 12.2. The summed E-state index contributed by atoms with van der Waals surface area (Å²) in [6.07, 6.45) is 1.48. The predicted molar refractivity (Wildman–Crippen MR) is 139 cm³/mol. The van der Waals surface area contributed by atoms with Crippen LogP contribution < -0.4 is 14.9 Å². The largest absolute Gasteiger partial charge is 0.490 e. The van der Waals surface area contributed by atoms with Crippen LogP contribution in [0.1, 0.15) is 32.5 Å². The van der Waals surface area contributed by atoms with Crippen LogP contribution >= 0.6 is 38.9 Å². The molecule has 0 saturated carbocycles. The summed E-state index contributed by atoms with van der Waals surface area (Å²) in [6.45, 7) is 2.20. The lowest BCUT2D eigenvalue weighted by molar-refractivity contribution is 0.0733. The van der Waals surface area contributed by atoms with Gasteiger partial charge in [0.25, 0.3) is 5.91 Å². The van der Waals surface area contributed by atoms with Crippen molar-refractivity contribution in [2.24, 2.45) is 5.10 Å². The SMILES string of the molecule is CCOc1cc(/C=N\NC(=O)c2cccc(Br)c2)ccc1OC(=O)c1sc2ccccc2c1Cl. The lowest BCUT2D eigenvalue weighted by Crippen LogP contribution is -2.17. The summed E-state index contributed by atoms with van der Waals surface area (Å²) in [5.74, 6) is -0.269. The Balaban J connectivity index is 1.49. The third-order valence-corrected chi connectivity index (χ3v) is 6.81. The fraction of sp³-hybridized carbons (Fsp3) is 0.0800. The number of halogens is 2. The number of hydrogen-bond donors (Lipinski definition) is 1. The topological polar surface area (TPSA) is 77.0 Å². The highest BCUT2D eigenvalue weighted by Crippen LogP contribution is 2.37. The lowest BCUT2D eigenvalue weighted by atomic mass is 10.2. The van der Waals surface area contributed by atoms with Crippen LogP contribution in [0, 0.1) is 0 Å². The normalized spacial score (nSPS) is 11.0. The molecule has 1 amide bonds. The van der Waals surface area contributed by atoms with Crippen molar-refractivity contribution in [2.45, 2.75) is 6.92 Å². The minimum Gasteiger partial charge on any atom is -0.490 e. The van der Waals surface area contributed by atoms with E-state index < -0.39 is 5.97 Å². The average molecular weight is 558 g/mol. The van der Waals surface area contributed by atoms with E-state index in [9.17, 15) is 9.59 Å². The molecular formula is C25H18BrClN2O4S. The van der Waals surface area contributed by atoms with E-state index >= 15 is 0 Å². The Bertz CT molecular complexity index is 1400. The Morgan fingerprint density at radius 3 is 2.68 bits per heavy atom. The molecule has 0 bridgehead atoms. The number of fused-ring (bicyclic) bond motifs is 1. The maximum atomic E-state index is 12.8. The number of amides is 1. The van der Waals surface area contributed by atoms with Crippen LogP contribution in [0.5, 0.6) is 11.5 Å². The van der Waals surface area contributed by atoms with E-state index in [1.165, 1.54) is 17.6 Å². The molecule has 0 unspecified atom stereocenters. The van der Waals surface area contributed by atoms with Crippen LogP contribution in [0.25, 0.3) is 10.1 Å². The van der Waals surface area contributed by atoms with Crippen molar-refractivity contribution >= 4 is 67.0 Å². The van der Waals surface area contributed by atoms with Gasteiger partial charge in [0.1, 0.15) is 4.88 Å². The summed E-state index contributed by atoms with van der Waals surface area (Å²) in [4.78, 5) is 25.4. The smallest absolute Gasteiger partial charge is 0.355 e. The molecule has 1 aromatic heterocycles. The summed E-state index contributed by atoms with van der Waals surface area (Å²) in [7, 11) is 0. The van der Waals surface area contributed by atoms with Crippen molar-refractivity contribution in [1.82, 2.24) is 5.43 Å². The van der Waals surface area contributed by atoms with Crippen molar-refractivity contribution in [1.29, 1.82) is 0 Å². The van der Waals surface area contributed by atoms with Gasteiger partial charge in [0.15, 0.2) is 11.5 Å². The predicted octanol–water partition coefficient (Wildman–Crippen LogP) is 6.70. The van der Waals surface area contributed by atoms with Gasteiger partial charge in [-0.25, -0.2) is 10.2 Å².